The van der Waals surface area contributed by atoms with Crippen LogP contribution in [0.25, 0.3) is 0 Å². The van der Waals surface area contributed by atoms with Crippen LogP contribution in [-0.4, -0.2) is 30.1 Å². The molecule has 0 unspecified atom stereocenters. The molecule has 0 atom stereocenters. The van der Waals surface area contributed by atoms with Crippen molar-refractivity contribution in [3.63, 3.8) is 0 Å². The minimum atomic E-state index is 0.599. The molecule has 1 heterocycles. The summed E-state index contributed by atoms with van der Waals surface area (Å²) in [5, 5.41) is 0. The van der Waals surface area contributed by atoms with Crippen molar-refractivity contribution in [3.8, 4) is 0 Å². The average molecular weight is 208 g/mol. The van der Waals surface area contributed by atoms with E-state index in [1.165, 1.54) is 12.8 Å². The number of hydrogen-bond donors (Lipinski definition) is 1. The fraction of sp³-hybridized carbons (Fsp3) is 0.636. The molecule has 2 N–H and O–H groups in total. The summed E-state index contributed by atoms with van der Waals surface area (Å²) >= 11 is 0. The molecule has 1 aromatic rings. The van der Waals surface area contributed by atoms with Crippen LogP contribution in [0.1, 0.15) is 25.6 Å². The van der Waals surface area contributed by atoms with Crippen molar-refractivity contribution >= 4 is 5.82 Å². The van der Waals surface area contributed by atoms with Gasteiger partial charge in [-0.2, -0.15) is 0 Å². The molecule has 0 fully saturated rings. The Bertz CT molecular complexity index is 288. The minimum absolute atomic E-state index is 0.599. The Hall–Kier alpha value is -1.16. The number of nitrogens with zero attached hydrogens (tertiary/aromatic N) is 3. The highest BCUT2D eigenvalue weighted by atomic mass is 15.2. The highest BCUT2D eigenvalue weighted by molar-refractivity contribution is 5.35. The molecule has 4 heteroatoms. The van der Waals surface area contributed by atoms with E-state index in [-0.39, 0.29) is 0 Å². The first-order valence-electron chi connectivity index (χ1n) is 5.51. The molecule has 1 rings (SSSR count). The van der Waals surface area contributed by atoms with Crippen LogP contribution in [0.15, 0.2) is 12.3 Å². The summed E-state index contributed by atoms with van der Waals surface area (Å²) in [6.45, 7) is 3.82. The van der Waals surface area contributed by atoms with Crippen LogP contribution < -0.4 is 10.6 Å². The van der Waals surface area contributed by atoms with E-state index in [9.17, 15) is 0 Å². The fourth-order valence-electron chi connectivity index (χ4n) is 1.36. The van der Waals surface area contributed by atoms with Gasteiger partial charge in [-0.1, -0.05) is 13.3 Å². The number of rotatable bonds is 6. The molecule has 84 valence electrons. The van der Waals surface area contributed by atoms with Crippen LogP contribution >= 0.6 is 0 Å². The Kier molecular flexibility index (Phi) is 5.04. The largest absolute Gasteiger partial charge is 0.360 e. The van der Waals surface area contributed by atoms with E-state index in [0.717, 1.165) is 24.6 Å². The van der Waals surface area contributed by atoms with E-state index in [4.69, 9.17) is 5.73 Å². The maximum absolute atomic E-state index is 5.47. The summed E-state index contributed by atoms with van der Waals surface area (Å²) in [7, 11) is 2.06. The number of nitrogens with two attached hydrogens (primary N) is 1. The Balaban J connectivity index is 2.62. The molecular weight excluding hydrogens is 188 g/mol. The van der Waals surface area contributed by atoms with Crippen LogP contribution in [0.5, 0.6) is 0 Å². The molecule has 0 bridgehead atoms. The summed E-state index contributed by atoms with van der Waals surface area (Å²) in [6.07, 6.45) is 4.93. The van der Waals surface area contributed by atoms with E-state index >= 15 is 0 Å². The predicted octanol–water partition coefficient (Wildman–Crippen LogP) is 1.21. The lowest BCUT2D eigenvalue weighted by atomic mass is 10.3. The SMILES string of the molecule is CCCCN(C)c1ccnc(CCN)n1. The number of unbranched alkanes of at least 4 members (excludes halogenated alkanes) is 1. The van der Waals surface area contributed by atoms with Gasteiger partial charge in [0.25, 0.3) is 0 Å². The zero-order valence-electron chi connectivity index (χ0n) is 9.61. The van der Waals surface area contributed by atoms with Gasteiger partial charge >= 0.3 is 0 Å². The van der Waals surface area contributed by atoms with Crippen molar-refractivity contribution in [3.05, 3.63) is 18.1 Å². The van der Waals surface area contributed by atoms with Gasteiger partial charge in [0.2, 0.25) is 0 Å². The van der Waals surface area contributed by atoms with Crippen LogP contribution in [-0.2, 0) is 6.42 Å². The molecule has 0 spiro atoms. The molecular formula is C11H20N4. The standard InChI is InChI=1S/C11H20N4/c1-3-4-9-15(2)11-6-8-13-10(14-11)5-7-12/h6,8H,3-5,7,9,12H2,1-2H3. The van der Waals surface area contributed by atoms with Crippen molar-refractivity contribution < 1.29 is 0 Å². The second-order valence-electron chi connectivity index (χ2n) is 3.64. The Morgan fingerprint density at radius 2 is 2.27 bits per heavy atom. The van der Waals surface area contributed by atoms with Crippen molar-refractivity contribution in [1.29, 1.82) is 0 Å². The van der Waals surface area contributed by atoms with Crippen LogP contribution in [0, 0.1) is 0 Å². The van der Waals surface area contributed by atoms with Crippen molar-refractivity contribution in [2.24, 2.45) is 5.73 Å². The van der Waals surface area contributed by atoms with Crippen molar-refractivity contribution in [2.45, 2.75) is 26.2 Å². The lowest BCUT2D eigenvalue weighted by molar-refractivity contribution is 0.751. The third-order valence-corrected chi connectivity index (χ3v) is 2.30. The number of anilines is 1. The topological polar surface area (TPSA) is 55.0 Å². The lowest BCUT2D eigenvalue weighted by Gasteiger charge is -2.17. The summed E-state index contributed by atoms with van der Waals surface area (Å²) in [6, 6.07) is 1.94. The Morgan fingerprint density at radius 3 is 2.93 bits per heavy atom. The molecule has 0 saturated heterocycles. The molecule has 0 aliphatic heterocycles. The Labute approximate surface area is 91.5 Å². The van der Waals surface area contributed by atoms with E-state index in [0.29, 0.717) is 6.54 Å². The third-order valence-electron chi connectivity index (χ3n) is 2.30. The minimum Gasteiger partial charge on any atom is -0.360 e. The predicted molar refractivity (Wildman–Crippen MR) is 63.0 cm³/mol. The highest BCUT2D eigenvalue weighted by Crippen LogP contribution is 2.08. The van der Waals surface area contributed by atoms with Gasteiger partial charge in [0, 0.05) is 26.2 Å². The van der Waals surface area contributed by atoms with Crippen LogP contribution in [0.4, 0.5) is 5.82 Å². The van der Waals surface area contributed by atoms with Gasteiger partial charge in [0.15, 0.2) is 0 Å². The molecule has 0 aromatic carbocycles. The van der Waals surface area contributed by atoms with Crippen molar-refractivity contribution in [2.75, 3.05) is 25.0 Å². The molecule has 0 amide bonds. The summed E-state index contributed by atoms with van der Waals surface area (Å²) in [4.78, 5) is 10.8. The smallest absolute Gasteiger partial charge is 0.131 e. The van der Waals surface area contributed by atoms with Gasteiger partial charge in [-0.05, 0) is 19.0 Å². The second-order valence-corrected chi connectivity index (χ2v) is 3.64. The van der Waals surface area contributed by atoms with E-state index in [1.807, 2.05) is 6.07 Å². The average Bonchev–Trinajstić information content (AvgIpc) is 2.27. The first-order valence-corrected chi connectivity index (χ1v) is 5.51. The van der Waals surface area contributed by atoms with Gasteiger partial charge in [0.1, 0.15) is 11.6 Å². The van der Waals surface area contributed by atoms with Gasteiger partial charge in [0.05, 0.1) is 0 Å². The van der Waals surface area contributed by atoms with Gasteiger partial charge in [-0.3, -0.25) is 0 Å². The normalized spacial score (nSPS) is 10.3. The van der Waals surface area contributed by atoms with E-state index < -0.39 is 0 Å². The zero-order chi connectivity index (χ0) is 11.1. The monoisotopic (exact) mass is 208 g/mol. The second kappa shape index (κ2) is 6.35. The first kappa shape index (κ1) is 11.9. The highest BCUT2D eigenvalue weighted by Gasteiger charge is 2.03. The van der Waals surface area contributed by atoms with Crippen LogP contribution in [0.3, 0.4) is 0 Å². The summed E-state index contributed by atoms with van der Waals surface area (Å²) < 4.78 is 0. The maximum atomic E-state index is 5.47. The summed E-state index contributed by atoms with van der Waals surface area (Å²) in [5.41, 5.74) is 5.47. The third kappa shape index (κ3) is 3.83. The molecule has 4 nitrogen and oxygen atoms in total. The zero-order valence-corrected chi connectivity index (χ0v) is 9.61. The van der Waals surface area contributed by atoms with Gasteiger partial charge in [-0.15, -0.1) is 0 Å². The Morgan fingerprint density at radius 1 is 1.47 bits per heavy atom. The first-order chi connectivity index (χ1) is 7.27. The molecule has 15 heavy (non-hydrogen) atoms. The molecule has 1 aromatic heterocycles. The van der Waals surface area contributed by atoms with Gasteiger partial charge in [-0.25, -0.2) is 9.97 Å². The van der Waals surface area contributed by atoms with Gasteiger partial charge < -0.3 is 10.6 Å². The quantitative estimate of drug-likeness (QED) is 0.763. The molecule has 0 aliphatic carbocycles. The van der Waals surface area contributed by atoms with Crippen LogP contribution in [0.2, 0.25) is 0 Å². The summed E-state index contributed by atoms with van der Waals surface area (Å²) in [5.74, 6) is 1.82. The fourth-order valence-corrected chi connectivity index (χ4v) is 1.36. The van der Waals surface area contributed by atoms with E-state index in [2.05, 4.69) is 28.8 Å². The molecule has 0 saturated carbocycles. The lowest BCUT2D eigenvalue weighted by Crippen LogP contribution is -2.20. The van der Waals surface area contributed by atoms with E-state index in [1.54, 1.807) is 6.20 Å². The number of hydrogen-bond acceptors (Lipinski definition) is 4. The number of aromatic nitrogens is 2. The molecule has 0 aliphatic rings. The van der Waals surface area contributed by atoms with Crippen molar-refractivity contribution in [1.82, 2.24) is 9.97 Å². The maximum Gasteiger partial charge on any atom is 0.131 e. The molecule has 0 radical (unpaired) electrons.